The van der Waals surface area contributed by atoms with Crippen molar-refractivity contribution in [2.75, 3.05) is 5.73 Å². The molecule has 2 aromatic carbocycles. The van der Waals surface area contributed by atoms with Crippen LogP contribution < -0.4 is 5.73 Å². The molecule has 0 radical (unpaired) electrons. The number of nitrogens with one attached hydrogen (secondary N) is 1. The van der Waals surface area contributed by atoms with Crippen LogP contribution in [0.1, 0.15) is 5.56 Å². The lowest BCUT2D eigenvalue weighted by atomic mass is 9.99. The van der Waals surface area contributed by atoms with Crippen LogP contribution in [-0.4, -0.2) is 10.2 Å². The first kappa shape index (κ1) is 13.6. The molecule has 3 aromatic rings. The average molecular weight is 302 g/mol. The SMILES string of the molecule is Cc1cccc(-c2c(N)n[nH]c2-c2cccc(F)c2Cl)c1. The third-order valence-corrected chi connectivity index (χ3v) is 3.71. The number of anilines is 1. The van der Waals surface area contributed by atoms with Gasteiger partial charge in [-0.3, -0.25) is 5.10 Å². The normalized spacial score (nSPS) is 10.8. The van der Waals surface area contributed by atoms with Gasteiger partial charge < -0.3 is 5.73 Å². The summed E-state index contributed by atoms with van der Waals surface area (Å²) in [5.74, 6) is -0.117. The van der Waals surface area contributed by atoms with Crippen LogP contribution in [0.5, 0.6) is 0 Å². The summed E-state index contributed by atoms with van der Waals surface area (Å²) in [4.78, 5) is 0. The van der Waals surface area contributed by atoms with Crippen LogP contribution in [-0.2, 0) is 0 Å². The Balaban J connectivity index is 2.24. The van der Waals surface area contributed by atoms with Crippen LogP contribution in [0.3, 0.4) is 0 Å². The predicted octanol–water partition coefficient (Wildman–Crippen LogP) is 4.43. The molecule has 106 valence electrons. The molecular weight excluding hydrogens is 289 g/mol. The van der Waals surface area contributed by atoms with E-state index in [4.69, 9.17) is 17.3 Å². The maximum Gasteiger partial charge on any atom is 0.153 e. The number of hydrogen-bond donors (Lipinski definition) is 2. The second-order valence-electron chi connectivity index (χ2n) is 4.83. The minimum Gasteiger partial charge on any atom is -0.382 e. The van der Waals surface area contributed by atoms with Gasteiger partial charge in [0.2, 0.25) is 0 Å². The van der Waals surface area contributed by atoms with E-state index in [1.807, 2.05) is 31.2 Å². The van der Waals surface area contributed by atoms with Crippen molar-refractivity contribution in [1.82, 2.24) is 10.2 Å². The van der Waals surface area contributed by atoms with Crippen LogP contribution in [0.4, 0.5) is 10.2 Å². The maximum absolute atomic E-state index is 13.7. The molecular formula is C16H13ClFN3. The highest BCUT2D eigenvalue weighted by molar-refractivity contribution is 6.33. The molecule has 0 fully saturated rings. The summed E-state index contributed by atoms with van der Waals surface area (Å²) in [6, 6.07) is 12.5. The van der Waals surface area contributed by atoms with Gasteiger partial charge in [-0.25, -0.2) is 4.39 Å². The second-order valence-corrected chi connectivity index (χ2v) is 5.21. The number of nitrogens with zero attached hydrogens (tertiary/aromatic N) is 1. The lowest BCUT2D eigenvalue weighted by Crippen LogP contribution is -1.90. The summed E-state index contributed by atoms with van der Waals surface area (Å²) >= 11 is 6.06. The fourth-order valence-electron chi connectivity index (χ4n) is 2.34. The van der Waals surface area contributed by atoms with E-state index in [1.165, 1.54) is 6.07 Å². The van der Waals surface area contributed by atoms with Crippen molar-refractivity contribution >= 4 is 17.4 Å². The van der Waals surface area contributed by atoms with Crippen LogP contribution >= 0.6 is 11.6 Å². The first-order valence-corrected chi connectivity index (χ1v) is 6.81. The molecule has 21 heavy (non-hydrogen) atoms. The first-order valence-electron chi connectivity index (χ1n) is 6.43. The van der Waals surface area contributed by atoms with E-state index in [2.05, 4.69) is 10.2 Å². The highest BCUT2D eigenvalue weighted by atomic mass is 35.5. The molecule has 0 atom stereocenters. The standard InChI is InChI=1S/C16H13ClFN3/c1-9-4-2-5-10(8-9)13-15(20-21-16(13)19)11-6-3-7-12(18)14(11)17/h2-8H,1H3,(H3,19,20,21). The number of aromatic nitrogens is 2. The second kappa shape index (κ2) is 5.22. The fourth-order valence-corrected chi connectivity index (χ4v) is 2.56. The van der Waals surface area contributed by atoms with Gasteiger partial charge in [0.25, 0.3) is 0 Å². The Bertz CT molecular complexity index is 811. The number of aryl methyl sites for hydroxylation is 1. The van der Waals surface area contributed by atoms with E-state index in [9.17, 15) is 4.39 Å². The third-order valence-electron chi connectivity index (χ3n) is 3.32. The minimum atomic E-state index is -0.475. The van der Waals surface area contributed by atoms with Crippen molar-refractivity contribution in [1.29, 1.82) is 0 Å². The predicted molar refractivity (Wildman–Crippen MR) is 83.6 cm³/mol. The zero-order chi connectivity index (χ0) is 15.0. The highest BCUT2D eigenvalue weighted by Gasteiger charge is 2.18. The average Bonchev–Trinajstić information content (AvgIpc) is 2.83. The Morgan fingerprint density at radius 1 is 1.19 bits per heavy atom. The van der Waals surface area contributed by atoms with Gasteiger partial charge in [0.1, 0.15) is 5.82 Å². The van der Waals surface area contributed by atoms with E-state index in [0.29, 0.717) is 17.1 Å². The molecule has 1 aromatic heterocycles. The summed E-state index contributed by atoms with van der Waals surface area (Å²) in [6.07, 6.45) is 0. The van der Waals surface area contributed by atoms with Gasteiger partial charge >= 0.3 is 0 Å². The van der Waals surface area contributed by atoms with E-state index < -0.39 is 5.82 Å². The molecule has 0 aliphatic carbocycles. The Morgan fingerprint density at radius 3 is 2.71 bits per heavy atom. The summed E-state index contributed by atoms with van der Waals surface area (Å²) in [6.45, 7) is 1.99. The van der Waals surface area contributed by atoms with Crippen molar-refractivity contribution in [3.8, 4) is 22.4 Å². The lowest BCUT2D eigenvalue weighted by Gasteiger charge is -2.08. The van der Waals surface area contributed by atoms with Gasteiger partial charge in [0.15, 0.2) is 5.82 Å². The van der Waals surface area contributed by atoms with Crippen LogP contribution in [0.25, 0.3) is 22.4 Å². The van der Waals surface area contributed by atoms with Gasteiger partial charge in [0, 0.05) is 5.56 Å². The van der Waals surface area contributed by atoms with Gasteiger partial charge in [-0.15, -0.1) is 0 Å². The number of nitrogen functional groups attached to an aromatic ring is 1. The molecule has 0 amide bonds. The molecule has 3 N–H and O–H groups in total. The minimum absolute atomic E-state index is 0.0510. The summed E-state index contributed by atoms with van der Waals surface area (Å²) in [5.41, 5.74) is 9.87. The van der Waals surface area contributed by atoms with E-state index in [0.717, 1.165) is 16.7 Å². The molecule has 0 saturated carbocycles. The van der Waals surface area contributed by atoms with Crippen LogP contribution in [0.2, 0.25) is 5.02 Å². The van der Waals surface area contributed by atoms with Crippen LogP contribution in [0.15, 0.2) is 42.5 Å². The molecule has 3 nitrogen and oxygen atoms in total. The van der Waals surface area contributed by atoms with Gasteiger partial charge in [0.05, 0.1) is 16.3 Å². The molecule has 1 heterocycles. The van der Waals surface area contributed by atoms with E-state index >= 15 is 0 Å². The topological polar surface area (TPSA) is 54.7 Å². The number of hydrogen-bond acceptors (Lipinski definition) is 2. The van der Waals surface area contributed by atoms with Gasteiger partial charge in [-0.1, -0.05) is 53.6 Å². The molecule has 0 bridgehead atoms. The van der Waals surface area contributed by atoms with Crippen LogP contribution in [0, 0.1) is 12.7 Å². The quantitative estimate of drug-likeness (QED) is 0.736. The van der Waals surface area contributed by atoms with Crippen molar-refractivity contribution in [3.05, 3.63) is 58.9 Å². The Hall–Kier alpha value is -2.33. The monoisotopic (exact) mass is 301 g/mol. The number of benzene rings is 2. The summed E-state index contributed by atoms with van der Waals surface area (Å²) < 4.78 is 13.7. The fraction of sp³-hybridized carbons (Fsp3) is 0.0625. The number of nitrogens with two attached hydrogens (primary N) is 1. The first-order chi connectivity index (χ1) is 10.1. The molecule has 5 heteroatoms. The molecule has 0 saturated heterocycles. The van der Waals surface area contributed by atoms with Crippen molar-refractivity contribution in [3.63, 3.8) is 0 Å². The van der Waals surface area contributed by atoms with Crippen molar-refractivity contribution in [2.24, 2.45) is 0 Å². The zero-order valence-corrected chi connectivity index (χ0v) is 12.1. The third kappa shape index (κ3) is 2.38. The van der Waals surface area contributed by atoms with Crippen molar-refractivity contribution < 1.29 is 4.39 Å². The number of aromatic amines is 1. The molecule has 0 unspecified atom stereocenters. The number of rotatable bonds is 2. The summed E-state index contributed by atoms with van der Waals surface area (Å²) in [5, 5.41) is 6.94. The number of H-pyrrole nitrogens is 1. The highest BCUT2D eigenvalue weighted by Crippen LogP contribution is 2.38. The largest absolute Gasteiger partial charge is 0.382 e. The Morgan fingerprint density at radius 2 is 1.95 bits per heavy atom. The maximum atomic E-state index is 13.7. The van der Waals surface area contributed by atoms with Gasteiger partial charge in [-0.2, -0.15) is 5.10 Å². The Kier molecular flexibility index (Phi) is 3.39. The zero-order valence-electron chi connectivity index (χ0n) is 11.3. The molecule has 0 aliphatic heterocycles. The summed E-state index contributed by atoms with van der Waals surface area (Å²) in [7, 11) is 0. The molecule has 0 spiro atoms. The molecule has 3 rings (SSSR count). The Labute approximate surface area is 126 Å². The van der Waals surface area contributed by atoms with Gasteiger partial charge in [-0.05, 0) is 18.6 Å². The molecule has 0 aliphatic rings. The van der Waals surface area contributed by atoms with Crippen molar-refractivity contribution in [2.45, 2.75) is 6.92 Å². The van der Waals surface area contributed by atoms with E-state index in [1.54, 1.807) is 12.1 Å². The number of halogens is 2. The van der Waals surface area contributed by atoms with E-state index in [-0.39, 0.29) is 5.02 Å². The smallest absolute Gasteiger partial charge is 0.153 e. The lowest BCUT2D eigenvalue weighted by molar-refractivity contribution is 0.628.